The molecule has 0 atom stereocenters. The predicted molar refractivity (Wildman–Crippen MR) is 103 cm³/mol. The van der Waals surface area contributed by atoms with E-state index in [1.54, 1.807) is 19.1 Å². The summed E-state index contributed by atoms with van der Waals surface area (Å²) in [6.45, 7) is 2.21. The maximum absolute atomic E-state index is 12.2. The Labute approximate surface area is 158 Å². The molecule has 0 saturated heterocycles. The lowest BCUT2D eigenvalue weighted by Gasteiger charge is -2.06. The van der Waals surface area contributed by atoms with Crippen molar-refractivity contribution in [3.05, 3.63) is 63.5 Å². The van der Waals surface area contributed by atoms with Crippen LogP contribution >= 0.6 is 11.3 Å². The number of benzene rings is 1. The zero-order valence-corrected chi connectivity index (χ0v) is 15.1. The van der Waals surface area contributed by atoms with Crippen LogP contribution in [-0.2, 0) is 0 Å². The van der Waals surface area contributed by atoms with Crippen LogP contribution in [0.5, 0.6) is 11.5 Å². The van der Waals surface area contributed by atoms with Gasteiger partial charge in [-0.05, 0) is 48.2 Å². The van der Waals surface area contributed by atoms with Crippen LogP contribution in [0, 0.1) is 0 Å². The van der Waals surface area contributed by atoms with Gasteiger partial charge in [-0.2, -0.15) is 10.1 Å². The smallest absolute Gasteiger partial charge is 0.346 e. The summed E-state index contributed by atoms with van der Waals surface area (Å²) in [5.41, 5.74) is 2.80. The molecule has 1 aromatic carbocycles. The first-order chi connectivity index (χ1) is 13.1. The number of hydrogen-bond donors (Lipinski definition) is 3. The van der Waals surface area contributed by atoms with Crippen molar-refractivity contribution in [2.24, 2.45) is 5.10 Å². The molecule has 2 heterocycles. The zero-order valence-electron chi connectivity index (χ0n) is 14.3. The number of nitrogens with zero attached hydrogens (tertiary/aromatic N) is 2. The number of carbonyl (C=O) groups is 1. The van der Waals surface area contributed by atoms with Crippen LogP contribution in [0.3, 0.4) is 0 Å². The minimum atomic E-state index is -0.616. The van der Waals surface area contributed by atoms with Crippen molar-refractivity contribution < 1.29 is 14.6 Å². The first kappa shape index (κ1) is 18.3. The average Bonchev–Trinajstić information content (AvgIpc) is 3.19. The number of aromatic nitrogens is 2. The summed E-state index contributed by atoms with van der Waals surface area (Å²) >= 11 is 1.44. The molecule has 27 heavy (non-hydrogen) atoms. The molecule has 138 valence electrons. The predicted octanol–water partition coefficient (Wildman–Crippen LogP) is 2.37. The highest BCUT2D eigenvalue weighted by molar-refractivity contribution is 7.13. The van der Waals surface area contributed by atoms with Gasteiger partial charge in [-0.25, -0.2) is 10.2 Å². The fourth-order valence-electron chi connectivity index (χ4n) is 2.24. The summed E-state index contributed by atoms with van der Waals surface area (Å²) in [5, 5.41) is 15.4. The molecule has 0 radical (unpaired) electrons. The highest BCUT2D eigenvalue weighted by Gasteiger charge is 2.11. The Hall–Kier alpha value is -3.46. The van der Waals surface area contributed by atoms with Gasteiger partial charge in [0.15, 0.2) is 11.5 Å². The molecule has 0 aliphatic rings. The molecular formula is C18H16N4O4S. The lowest BCUT2D eigenvalue weighted by molar-refractivity contribution is 0.0949. The normalized spacial score (nSPS) is 10.9. The first-order valence-electron chi connectivity index (χ1n) is 8.01. The Morgan fingerprint density at radius 3 is 3.00 bits per heavy atom. The maximum Gasteiger partial charge on any atom is 0.346 e. The molecule has 0 spiro atoms. The molecule has 0 fully saturated rings. The molecule has 3 rings (SSSR count). The lowest BCUT2D eigenvalue weighted by atomic mass is 10.2. The van der Waals surface area contributed by atoms with Crippen molar-refractivity contribution in [3.63, 3.8) is 0 Å². The second kappa shape index (κ2) is 8.28. The van der Waals surface area contributed by atoms with E-state index in [1.165, 1.54) is 29.7 Å². The third-order valence-corrected chi connectivity index (χ3v) is 4.33. The van der Waals surface area contributed by atoms with E-state index >= 15 is 0 Å². The second-order valence-corrected chi connectivity index (χ2v) is 6.27. The van der Waals surface area contributed by atoms with Crippen LogP contribution in [0.1, 0.15) is 23.0 Å². The number of phenolic OH excluding ortho intramolecular Hbond substituents is 1. The average molecular weight is 384 g/mol. The van der Waals surface area contributed by atoms with Gasteiger partial charge in [-0.15, -0.1) is 11.3 Å². The maximum atomic E-state index is 12.2. The summed E-state index contributed by atoms with van der Waals surface area (Å²) in [7, 11) is 0. The largest absolute Gasteiger partial charge is 0.504 e. The van der Waals surface area contributed by atoms with Gasteiger partial charge in [0.05, 0.1) is 23.4 Å². The van der Waals surface area contributed by atoms with E-state index in [1.807, 2.05) is 17.5 Å². The minimum absolute atomic E-state index is 0.0202. The number of rotatable bonds is 6. The van der Waals surface area contributed by atoms with Crippen LogP contribution in [0.4, 0.5) is 0 Å². The molecule has 1 amide bonds. The van der Waals surface area contributed by atoms with E-state index < -0.39 is 11.6 Å². The molecule has 3 aromatic rings. The second-order valence-electron chi connectivity index (χ2n) is 5.32. The van der Waals surface area contributed by atoms with Crippen molar-refractivity contribution in [2.75, 3.05) is 6.61 Å². The van der Waals surface area contributed by atoms with Gasteiger partial charge in [0.25, 0.3) is 5.91 Å². The molecular weight excluding hydrogens is 368 g/mol. The van der Waals surface area contributed by atoms with Gasteiger partial charge in [0, 0.05) is 0 Å². The highest BCUT2D eigenvalue weighted by Crippen LogP contribution is 2.26. The van der Waals surface area contributed by atoms with Gasteiger partial charge < -0.3 is 14.8 Å². The molecule has 9 heteroatoms. The van der Waals surface area contributed by atoms with Gasteiger partial charge in [0.1, 0.15) is 5.69 Å². The van der Waals surface area contributed by atoms with Crippen molar-refractivity contribution in [2.45, 2.75) is 6.92 Å². The number of hydrazone groups is 1. The Morgan fingerprint density at radius 2 is 2.26 bits per heavy atom. The number of H-pyrrole nitrogens is 1. The number of ether oxygens (including phenoxy) is 1. The van der Waals surface area contributed by atoms with E-state index in [9.17, 15) is 14.7 Å². The van der Waals surface area contributed by atoms with Gasteiger partial charge >= 0.3 is 5.69 Å². The summed E-state index contributed by atoms with van der Waals surface area (Å²) in [6.07, 6.45) is 1.40. The molecule has 3 N–H and O–H groups in total. The zero-order chi connectivity index (χ0) is 19.2. The number of aromatic amines is 1. The molecule has 2 aromatic heterocycles. The number of nitrogens with one attached hydrogen (secondary N) is 2. The van der Waals surface area contributed by atoms with E-state index in [0.29, 0.717) is 23.6 Å². The SMILES string of the molecule is CCOc1cc(/C=N/NC(=O)c2cc(-c3cccs3)[nH]c(=O)n2)ccc1O. The molecule has 0 aliphatic heterocycles. The molecule has 0 aliphatic carbocycles. The molecule has 0 unspecified atom stereocenters. The Bertz CT molecular complexity index is 1030. The van der Waals surface area contributed by atoms with Crippen LogP contribution < -0.4 is 15.9 Å². The fourth-order valence-corrected chi connectivity index (χ4v) is 2.94. The van der Waals surface area contributed by atoms with Gasteiger partial charge in [-0.3, -0.25) is 4.79 Å². The van der Waals surface area contributed by atoms with Crippen LogP contribution in [0.2, 0.25) is 0 Å². The fraction of sp³-hybridized carbons (Fsp3) is 0.111. The Balaban J connectivity index is 1.74. The number of hydrogen-bond acceptors (Lipinski definition) is 7. The number of phenols is 1. The summed E-state index contributed by atoms with van der Waals surface area (Å²) in [4.78, 5) is 31.0. The number of carbonyl (C=O) groups excluding carboxylic acids is 1. The molecule has 8 nitrogen and oxygen atoms in total. The van der Waals surface area contributed by atoms with Gasteiger partial charge in [0.2, 0.25) is 0 Å². The third-order valence-electron chi connectivity index (χ3n) is 3.43. The summed E-state index contributed by atoms with van der Waals surface area (Å²) in [6, 6.07) is 9.85. The standard InChI is InChI=1S/C18H16N4O4S/c1-2-26-15-8-11(5-6-14(15)23)10-19-22-17(24)13-9-12(20-18(25)21-13)16-4-3-7-27-16/h3-10,23H,2H2,1H3,(H,22,24)(H,20,21,25)/b19-10+. The quantitative estimate of drug-likeness (QED) is 0.446. The Kier molecular flexibility index (Phi) is 5.62. The van der Waals surface area contributed by atoms with Gasteiger partial charge in [-0.1, -0.05) is 6.07 Å². The van der Waals surface area contributed by atoms with Crippen LogP contribution in [0.15, 0.2) is 51.7 Å². The minimum Gasteiger partial charge on any atom is -0.504 e. The van der Waals surface area contributed by atoms with E-state index in [2.05, 4.69) is 20.5 Å². The number of aromatic hydroxyl groups is 1. The monoisotopic (exact) mass is 384 g/mol. The van der Waals surface area contributed by atoms with E-state index in [0.717, 1.165) is 4.88 Å². The van der Waals surface area contributed by atoms with Crippen LogP contribution in [0.25, 0.3) is 10.6 Å². The van der Waals surface area contributed by atoms with Crippen molar-refractivity contribution in [1.29, 1.82) is 0 Å². The lowest BCUT2D eigenvalue weighted by Crippen LogP contribution is -2.24. The number of amides is 1. The summed E-state index contributed by atoms with van der Waals surface area (Å²) in [5.74, 6) is -0.268. The van der Waals surface area contributed by atoms with E-state index in [4.69, 9.17) is 4.74 Å². The third kappa shape index (κ3) is 4.59. The van der Waals surface area contributed by atoms with Crippen LogP contribution in [-0.4, -0.2) is 33.8 Å². The molecule has 0 bridgehead atoms. The Morgan fingerprint density at radius 1 is 1.41 bits per heavy atom. The highest BCUT2D eigenvalue weighted by atomic mass is 32.1. The van der Waals surface area contributed by atoms with Crippen molar-refractivity contribution in [3.8, 4) is 22.1 Å². The number of thiophene rings is 1. The van der Waals surface area contributed by atoms with Crippen molar-refractivity contribution in [1.82, 2.24) is 15.4 Å². The first-order valence-corrected chi connectivity index (χ1v) is 8.89. The topological polar surface area (TPSA) is 117 Å². The summed E-state index contributed by atoms with van der Waals surface area (Å²) < 4.78 is 5.29. The van der Waals surface area contributed by atoms with Crippen molar-refractivity contribution >= 4 is 23.5 Å². The molecule has 0 saturated carbocycles. The van der Waals surface area contributed by atoms with E-state index in [-0.39, 0.29) is 11.4 Å².